The first kappa shape index (κ1) is 16.0. The zero-order valence-corrected chi connectivity index (χ0v) is 14.3. The van der Waals surface area contributed by atoms with Crippen LogP contribution in [0.5, 0.6) is 0 Å². The van der Waals surface area contributed by atoms with Crippen LogP contribution >= 0.6 is 0 Å². The van der Waals surface area contributed by atoms with Crippen LogP contribution in [-0.4, -0.2) is 25.7 Å². The summed E-state index contributed by atoms with van der Waals surface area (Å²) in [6, 6.07) is 21.1. The van der Waals surface area contributed by atoms with Gasteiger partial charge < -0.3 is 5.11 Å². The highest BCUT2D eigenvalue weighted by Crippen LogP contribution is 2.28. The predicted octanol–water partition coefficient (Wildman–Crippen LogP) is 3.99. The van der Waals surface area contributed by atoms with Crippen LogP contribution in [0.2, 0.25) is 0 Å². The lowest BCUT2D eigenvalue weighted by atomic mass is 10.0. The van der Waals surface area contributed by atoms with Crippen LogP contribution in [0.15, 0.2) is 66.7 Å². The van der Waals surface area contributed by atoms with E-state index in [2.05, 4.69) is 4.98 Å². The van der Waals surface area contributed by atoms with Crippen molar-refractivity contribution in [2.24, 2.45) is 0 Å². The predicted molar refractivity (Wildman–Crippen MR) is 99.4 cm³/mol. The summed E-state index contributed by atoms with van der Waals surface area (Å²) in [5, 5.41) is 14.0. The third-order valence-electron chi connectivity index (χ3n) is 4.38. The molecule has 1 N–H and O–H groups in total. The molecule has 0 atom stereocenters. The molecule has 0 aliphatic heterocycles. The van der Waals surface area contributed by atoms with E-state index in [0.717, 1.165) is 28.0 Å². The average Bonchev–Trinajstić information content (AvgIpc) is 3.03. The van der Waals surface area contributed by atoms with Crippen molar-refractivity contribution in [1.82, 2.24) is 14.6 Å². The van der Waals surface area contributed by atoms with Crippen LogP contribution in [0.3, 0.4) is 0 Å². The molecule has 5 heteroatoms. The lowest BCUT2D eigenvalue weighted by molar-refractivity contribution is 0.0690. The van der Waals surface area contributed by atoms with Crippen molar-refractivity contribution in [2.75, 3.05) is 0 Å². The summed E-state index contributed by atoms with van der Waals surface area (Å²) in [6.45, 7) is 2.02. The number of hydrogen-bond donors (Lipinski definition) is 1. The fourth-order valence-corrected chi connectivity index (χ4v) is 3.13. The van der Waals surface area contributed by atoms with Crippen molar-refractivity contribution in [2.45, 2.75) is 13.3 Å². The number of carboxylic acid groups (broad SMARTS) is 1. The number of aryl methyl sites for hydroxylation is 1. The number of carboxylic acids is 1. The number of pyridine rings is 2. The third kappa shape index (κ3) is 2.84. The maximum absolute atomic E-state index is 11.2. The minimum atomic E-state index is -1.02. The first-order valence-corrected chi connectivity index (χ1v) is 8.35. The van der Waals surface area contributed by atoms with Crippen LogP contribution in [0, 0.1) is 6.92 Å². The Balaban J connectivity index is 1.89. The van der Waals surface area contributed by atoms with Crippen molar-refractivity contribution in [3.05, 3.63) is 89.4 Å². The zero-order chi connectivity index (χ0) is 18.1. The Bertz CT molecular complexity index is 1100. The van der Waals surface area contributed by atoms with E-state index in [4.69, 9.17) is 5.10 Å². The summed E-state index contributed by atoms with van der Waals surface area (Å²) >= 11 is 0. The lowest BCUT2D eigenvalue weighted by Gasteiger charge is -2.05. The van der Waals surface area contributed by atoms with E-state index in [1.54, 1.807) is 6.07 Å². The number of fused-ring (bicyclic) bond motifs is 1. The topological polar surface area (TPSA) is 67.5 Å². The molecule has 5 nitrogen and oxygen atoms in total. The highest BCUT2D eigenvalue weighted by Gasteiger charge is 2.17. The molecule has 4 aromatic rings. The van der Waals surface area contributed by atoms with Gasteiger partial charge in [-0.3, -0.25) is 0 Å². The standard InChI is InChI=1S/C21H17N3O2/c1-14-7-5-12-19-17(13-16-10-6-11-18(22-16)21(25)26)20(23-24(14)19)15-8-3-2-4-9-15/h2-12H,13H2,1H3,(H,25,26). The van der Waals surface area contributed by atoms with E-state index in [9.17, 15) is 9.90 Å². The summed E-state index contributed by atoms with van der Waals surface area (Å²) in [5.74, 6) is -1.02. The maximum atomic E-state index is 11.2. The maximum Gasteiger partial charge on any atom is 0.354 e. The molecule has 3 aromatic heterocycles. The lowest BCUT2D eigenvalue weighted by Crippen LogP contribution is -2.03. The Morgan fingerprint density at radius 1 is 1.00 bits per heavy atom. The molecule has 0 aliphatic rings. The second-order valence-corrected chi connectivity index (χ2v) is 6.15. The van der Waals surface area contributed by atoms with Crippen molar-refractivity contribution < 1.29 is 9.90 Å². The van der Waals surface area contributed by atoms with Gasteiger partial charge in [-0.25, -0.2) is 14.3 Å². The second-order valence-electron chi connectivity index (χ2n) is 6.15. The fraction of sp³-hybridized carbons (Fsp3) is 0.0952. The normalized spacial score (nSPS) is 11.0. The first-order valence-electron chi connectivity index (χ1n) is 8.35. The summed E-state index contributed by atoms with van der Waals surface area (Å²) in [5.41, 5.74) is 5.76. The Kier molecular flexibility index (Phi) is 3.97. The second kappa shape index (κ2) is 6.44. The summed E-state index contributed by atoms with van der Waals surface area (Å²) in [4.78, 5) is 15.5. The molecular weight excluding hydrogens is 326 g/mol. The average molecular weight is 343 g/mol. The molecule has 0 aliphatic carbocycles. The number of hydrogen-bond acceptors (Lipinski definition) is 3. The highest BCUT2D eigenvalue weighted by molar-refractivity contribution is 5.85. The number of benzene rings is 1. The number of aromatic carboxylic acids is 1. The monoisotopic (exact) mass is 343 g/mol. The molecule has 0 radical (unpaired) electrons. The van der Waals surface area contributed by atoms with Crippen molar-refractivity contribution in [1.29, 1.82) is 0 Å². The number of rotatable bonds is 4. The molecule has 128 valence electrons. The molecule has 1 aromatic carbocycles. The van der Waals surface area contributed by atoms with Crippen LogP contribution in [0.25, 0.3) is 16.8 Å². The van der Waals surface area contributed by atoms with Gasteiger partial charge in [0.1, 0.15) is 5.69 Å². The van der Waals surface area contributed by atoms with Crippen LogP contribution < -0.4 is 0 Å². The minimum Gasteiger partial charge on any atom is -0.477 e. The summed E-state index contributed by atoms with van der Waals surface area (Å²) in [7, 11) is 0. The third-order valence-corrected chi connectivity index (χ3v) is 4.38. The molecule has 26 heavy (non-hydrogen) atoms. The van der Waals surface area contributed by atoms with Gasteiger partial charge in [0.05, 0.1) is 11.2 Å². The molecule has 0 fully saturated rings. The Morgan fingerprint density at radius 2 is 1.77 bits per heavy atom. The molecule has 0 saturated heterocycles. The molecule has 4 rings (SSSR count). The minimum absolute atomic E-state index is 0.0522. The van der Waals surface area contributed by atoms with Crippen LogP contribution in [-0.2, 0) is 6.42 Å². The van der Waals surface area contributed by atoms with Gasteiger partial charge in [0.25, 0.3) is 0 Å². The SMILES string of the molecule is Cc1cccc2c(Cc3cccc(C(=O)O)n3)c(-c3ccccc3)nn12. The van der Waals surface area contributed by atoms with E-state index in [0.29, 0.717) is 12.1 Å². The molecule has 0 amide bonds. The van der Waals surface area contributed by atoms with E-state index in [-0.39, 0.29) is 5.69 Å². The zero-order valence-electron chi connectivity index (χ0n) is 14.3. The molecule has 0 bridgehead atoms. The molecular formula is C21H17N3O2. The van der Waals surface area contributed by atoms with Gasteiger partial charge in [-0.2, -0.15) is 5.10 Å². The highest BCUT2D eigenvalue weighted by atomic mass is 16.4. The summed E-state index contributed by atoms with van der Waals surface area (Å²) < 4.78 is 1.93. The van der Waals surface area contributed by atoms with E-state index >= 15 is 0 Å². The fourth-order valence-electron chi connectivity index (χ4n) is 3.13. The molecule has 0 saturated carbocycles. The van der Waals surface area contributed by atoms with E-state index in [1.807, 2.05) is 66.0 Å². The smallest absolute Gasteiger partial charge is 0.354 e. The quantitative estimate of drug-likeness (QED) is 0.608. The summed E-state index contributed by atoms with van der Waals surface area (Å²) in [6.07, 6.45) is 0.512. The number of carbonyl (C=O) groups is 1. The van der Waals surface area contributed by atoms with Crippen LogP contribution in [0.1, 0.15) is 27.4 Å². The van der Waals surface area contributed by atoms with Gasteiger partial charge in [0.15, 0.2) is 0 Å². The van der Waals surface area contributed by atoms with Crippen molar-refractivity contribution >= 4 is 11.5 Å². The van der Waals surface area contributed by atoms with E-state index < -0.39 is 5.97 Å². The van der Waals surface area contributed by atoms with Gasteiger partial charge in [-0.1, -0.05) is 42.5 Å². The van der Waals surface area contributed by atoms with Gasteiger partial charge in [0.2, 0.25) is 0 Å². The van der Waals surface area contributed by atoms with Gasteiger partial charge >= 0.3 is 5.97 Å². The Hall–Kier alpha value is -3.47. The molecule has 3 heterocycles. The largest absolute Gasteiger partial charge is 0.477 e. The first-order chi connectivity index (χ1) is 12.6. The molecule has 0 unspecified atom stereocenters. The van der Waals surface area contributed by atoms with Crippen molar-refractivity contribution in [3.8, 4) is 11.3 Å². The number of nitrogens with zero attached hydrogens (tertiary/aromatic N) is 3. The van der Waals surface area contributed by atoms with Gasteiger partial charge in [0, 0.05) is 28.9 Å². The van der Waals surface area contributed by atoms with E-state index in [1.165, 1.54) is 6.07 Å². The molecule has 0 spiro atoms. The Labute approximate surface area is 150 Å². The van der Waals surface area contributed by atoms with Gasteiger partial charge in [-0.05, 0) is 31.2 Å². The van der Waals surface area contributed by atoms with Crippen LogP contribution in [0.4, 0.5) is 0 Å². The van der Waals surface area contributed by atoms with Gasteiger partial charge in [-0.15, -0.1) is 0 Å². The number of aromatic nitrogens is 3. The Morgan fingerprint density at radius 3 is 2.54 bits per heavy atom. The van der Waals surface area contributed by atoms with Crippen molar-refractivity contribution in [3.63, 3.8) is 0 Å².